The molecule has 3 aromatic rings. The number of carbonyl (C=O) groups is 3. The number of ether oxygens (including phenoxy) is 1. The summed E-state index contributed by atoms with van der Waals surface area (Å²) in [5, 5.41) is 7.05. The van der Waals surface area contributed by atoms with Crippen molar-refractivity contribution in [2.45, 2.75) is 24.9 Å². The molecule has 0 aliphatic carbocycles. The Bertz CT molecular complexity index is 1270. The molecule has 0 aromatic heterocycles. The molecule has 32 heavy (non-hydrogen) atoms. The number of rotatable bonds is 2. The van der Waals surface area contributed by atoms with E-state index in [9.17, 15) is 18.8 Å². The number of benzene rings is 3. The van der Waals surface area contributed by atoms with Gasteiger partial charge >= 0.3 is 12.1 Å². The zero-order valence-electron chi connectivity index (χ0n) is 17.2. The van der Waals surface area contributed by atoms with E-state index in [4.69, 9.17) is 4.74 Å². The van der Waals surface area contributed by atoms with Gasteiger partial charge in [0, 0.05) is 12.0 Å². The first-order valence-electron chi connectivity index (χ1n) is 10.3. The summed E-state index contributed by atoms with van der Waals surface area (Å²) in [5.74, 6) is -1.00. The molecule has 5 rings (SSSR count). The molecule has 2 aliphatic heterocycles. The molecule has 0 radical (unpaired) electrons. The van der Waals surface area contributed by atoms with Gasteiger partial charge in [-0.2, -0.15) is 0 Å². The first-order chi connectivity index (χ1) is 15.4. The summed E-state index contributed by atoms with van der Waals surface area (Å²) < 4.78 is 19.6. The van der Waals surface area contributed by atoms with Gasteiger partial charge in [0.1, 0.15) is 11.6 Å². The van der Waals surface area contributed by atoms with Crippen LogP contribution in [0.3, 0.4) is 0 Å². The molecular weight excluding hydrogens is 413 g/mol. The molecule has 0 bridgehead atoms. The number of nitrogens with zero attached hydrogens (tertiary/aromatic N) is 1. The minimum atomic E-state index is -1.67. The van der Waals surface area contributed by atoms with Crippen molar-refractivity contribution >= 4 is 28.7 Å². The maximum atomic E-state index is 14.1. The van der Waals surface area contributed by atoms with Crippen molar-refractivity contribution in [3.8, 4) is 5.75 Å². The number of halogens is 1. The van der Waals surface area contributed by atoms with Crippen molar-refractivity contribution in [2.24, 2.45) is 0 Å². The third-order valence-corrected chi connectivity index (χ3v) is 6.12. The van der Waals surface area contributed by atoms with E-state index >= 15 is 0 Å². The zero-order chi connectivity index (χ0) is 22.5. The summed E-state index contributed by atoms with van der Waals surface area (Å²) in [7, 11) is 0. The molecule has 1 fully saturated rings. The Kier molecular flexibility index (Phi) is 4.58. The van der Waals surface area contributed by atoms with Crippen LogP contribution in [0.2, 0.25) is 0 Å². The smallest absolute Gasteiger partial charge is 0.333 e. The Morgan fingerprint density at radius 2 is 1.94 bits per heavy atom. The van der Waals surface area contributed by atoms with E-state index in [-0.39, 0.29) is 24.3 Å². The lowest BCUT2D eigenvalue weighted by Gasteiger charge is -2.38. The second kappa shape index (κ2) is 7.33. The van der Waals surface area contributed by atoms with Crippen molar-refractivity contribution < 1.29 is 23.5 Å². The lowest BCUT2D eigenvalue weighted by molar-refractivity contribution is -0.127. The van der Waals surface area contributed by atoms with Crippen LogP contribution in [0.4, 0.5) is 14.0 Å². The van der Waals surface area contributed by atoms with Crippen LogP contribution in [0.1, 0.15) is 30.5 Å². The van der Waals surface area contributed by atoms with Crippen molar-refractivity contribution in [1.82, 2.24) is 15.5 Å². The van der Waals surface area contributed by atoms with Gasteiger partial charge in [0.15, 0.2) is 5.54 Å². The second-order valence-electron chi connectivity index (χ2n) is 7.93. The molecule has 2 aliphatic rings. The monoisotopic (exact) mass is 433 g/mol. The van der Waals surface area contributed by atoms with Crippen LogP contribution in [-0.2, 0) is 10.3 Å². The van der Waals surface area contributed by atoms with Gasteiger partial charge < -0.3 is 10.1 Å². The zero-order valence-corrected chi connectivity index (χ0v) is 17.2. The highest BCUT2D eigenvalue weighted by molar-refractivity contribution is 6.14. The van der Waals surface area contributed by atoms with Crippen LogP contribution in [0, 0.1) is 5.82 Å². The summed E-state index contributed by atoms with van der Waals surface area (Å²) >= 11 is 0. The number of hydrogen-bond acceptors (Lipinski definition) is 4. The van der Waals surface area contributed by atoms with Gasteiger partial charge in [-0.1, -0.05) is 42.5 Å². The van der Waals surface area contributed by atoms with Gasteiger partial charge in [0.05, 0.1) is 12.6 Å². The summed E-state index contributed by atoms with van der Waals surface area (Å²) in [6, 6.07) is 15.2. The van der Waals surface area contributed by atoms with E-state index < -0.39 is 35.4 Å². The average Bonchev–Trinajstić information content (AvgIpc) is 3.03. The first-order valence-corrected chi connectivity index (χ1v) is 10.3. The molecule has 0 saturated carbocycles. The minimum absolute atomic E-state index is 0.0249. The van der Waals surface area contributed by atoms with Crippen LogP contribution in [0.5, 0.6) is 5.75 Å². The van der Waals surface area contributed by atoms with Gasteiger partial charge in [-0.3, -0.25) is 10.1 Å². The summed E-state index contributed by atoms with van der Waals surface area (Å²) in [6.07, 6.45) is 0.0249. The molecule has 162 valence electrons. The molecule has 0 unspecified atom stereocenters. The number of hydrogen-bond donors (Lipinski definition) is 2. The van der Waals surface area contributed by atoms with E-state index in [0.29, 0.717) is 0 Å². The fraction of sp³-hybridized carbons (Fsp3) is 0.208. The summed E-state index contributed by atoms with van der Waals surface area (Å²) in [5.41, 5.74) is -0.648. The highest BCUT2D eigenvalue weighted by Crippen LogP contribution is 2.44. The lowest BCUT2D eigenvalue weighted by Crippen LogP contribution is -2.55. The largest absolute Gasteiger partial charge is 0.493 e. The lowest BCUT2D eigenvalue weighted by atomic mass is 9.83. The molecule has 8 heteroatoms. The van der Waals surface area contributed by atoms with E-state index in [0.717, 1.165) is 27.3 Å². The Balaban J connectivity index is 1.52. The number of urea groups is 2. The fourth-order valence-corrected chi connectivity index (χ4v) is 4.62. The van der Waals surface area contributed by atoms with Gasteiger partial charge in [-0.15, -0.1) is 0 Å². The maximum Gasteiger partial charge on any atom is 0.333 e. The standard InChI is InChI=1S/C24H20FN3O4/c1-14(17-8-4-6-15-5-2-3-7-18(15)17)26-22(30)28-23(31)27-21(29)24(28)11-12-32-20-10-9-16(25)13-19(20)24/h2-10,13-14H,11-12H2,1H3,(H,26,30)(H,27,29,31)/t14-,24-/m0/s1. The van der Waals surface area contributed by atoms with E-state index in [2.05, 4.69) is 10.6 Å². The first kappa shape index (κ1) is 20.0. The molecule has 7 nitrogen and oxygen atoms in total. The number of nitrogens with one attached hydrogen (secondary N) is 2. The summed E-state index contributed by atoms with van der Waals surface area (Å²) in [6.45, 7) is 1.90. The van der Waals surface area contributed by atoms with Crippen LogP contribution >= 0.6 is 0 Å². The molecule has 3 aromatic carbocycles. The topological polar surface area (TPSA) is 87.7 Å². The SMILES string of the molecule is C[C@H](NC(=O)N1C(=O)NC(=O)[C@@]12CCOc1ccc(F)cc12)c1cccc2ccccc12. The van der Waals surface area contributed by atoms with Crippen molar-refractivity contribution in [1.29, 1.82) is 0 Å². The quantitative estimate of drug-likeness (QED) is 0.599. The van der Waals surface area contributed by atoms with Gasteiger partial charge in [-0.05, 0) is 41.5 Å². The molecule has 5 amide bonds. The minimum Gasteiger partial charge on any atom is -0.493 e. The Morgan fingerprint density at radius 3 is 2.78 bits per heavy atom. The third-order valence-electron chi connectivity index (χ3n) is 6.12. The van der Waals surface area contributed by atoms with Crippen molar-refractivity contribution in [3.63, 3.8) is 0 Å². The molecule has 1 spiro atoms. The Hall–Kier alpha value is -3.94. The van der Waals surface area contributed by atoms with Gasteiger partial charge in [0.2, 0.25) is 0 Å². The highest BCUT2D eigenvalue weighted by Gasteiger charge is 2.59. The van der Waals surface area contributed by atoms with E-state index in [1.807, 2.05) is 42.5 Å². The second-order valence-corrected chi connectivity index (χ2v) is 7.93. The number of fused-ring (bicyclic) bond motifs is 3. The predicted octanol–water partition coefficient (Wildman–Crippen LogP) is 3.98. The third kappa shape index (κ3) is 2.90. The van der Waals surface area contributed by atoms with E-state index in [1.165, 1.54) is 12.1 Å². The Morgan fingerprint density at radius 1 is 1.16 bits per heavy atom. The molecule has 2 heterocycles. The van der Waals surface area contributed by atoms with Crippen LogP contribution in [0.25, 0.3) is 10.8 Å². The van der Waals surface area contributed by atoms with Crippen molar-refractivity contribution in [3.05, 3.63) is 77.6 Å². The molecule has 2 atom stereocenters. The van der Waals surface area contributed by atoms with Crippen LogP contribution < -0.4 is 15.4 Å². The Labute approximate surface area is 183 Å². The number of carbonyl (C=O) groups excluding carboxylic acids is 3. The molecule has 1 saturated heterocycles. The number of amides is 5. The van der Waals surface area contributed by atoms with Crippen molar-refractivity contribution in [2.75, 3.05) is 6.61 Å². The van der Waals surface area contributed by atoms with Gasteiger partial charge in [0.25, 0.3) is 5.91 Å². The summed E-state index contributed by atoms with van der Waals surface area (Å²) in [4.78, 5) is 39.9. The van der Waals surface area contributed by atoms with Gasteiger partial charge in [-0.25, -0.2) is 18.9 Å². The fourth-order valence-electron chi connectivity index (χ4n) is 4.62. The maximum absolute atomic E-state index is 14.1. The average molecular weight is 433 g/mol. The normalized spacial score (nSPS) is 20.6. The van der Waals surface area contributed by atoms with Crippen LogP contribution in [0.15, 0.2) is 60.7 Å². The predicted molar refractivity (Wildman–Crippen MR) is 114 cm³/mol. The molecule has 2 N–H and O–H groups in total. The highest BCUT2D eigenvalue weighted by atomic mass is 19.1. The van der Waals surface area contributed by atoms with E-state index in [1.54, 1.807) is 6.92 Å². The van der Waals surface area contributed by atoms with Crippen LogP contribution in [-0.4, -0.2) is 29.5 Å². The molecular formula is C24H20FN3O4. The number of imide groups is 2.